The lowest BCUT2D eigenvalue weighted by atomic mass is 10.1. The van der Waals surface area contributed by atoms with Gasteiger partial charge >= 0.3 is 0 Å². The van der Waals surface area contributed by atoms with Crippen LogP contribution in [0.3, 0.4) is 0 Å². The van der Waals surface area contributed by atoms with Crippen molar-refractivity contribution >= 4 is 33.9 Å². The summed E-state index contributed by atoms with van der Waals surface area (Å²) in [7, 11) is 0. The smallest absolute Gasteiger partial charge is 0.191 e. The number of rotatable bonds is 9. The number of aromatic nitrogens is 4. The number of anilines is 2. The minimum atomic E-state index is 0.767. The first-order chi connectivity index (χ1) is 16.7. The summed E-state index contributed by atoms with van der Waals surface area (Å²) in [5, 5.41) is 16.6. The van der Waals surface area contributed by atoms with Crippen LogP contribution in [0.5, 0.6) is 0 Å². The summed E-state index contributed by atoms with van der Waals surface area (Å²) in [5.74, 6) is 1.82. The van der Waals surface area contributed by atoms with E-state index in [2.05, 4.69) is 91.9 Å². The van der Waals surface area contributed by atoms with Crippen molar-refractivity contribution in [2.45, 2.75) is 50.2 Å². The highest BCUT2D eigenvalue weighted by Crippen LogP contribution is 2.27. The van der Waals surface area contributed by atoms with Crippen molar-refractivity contribution < 1.29 is 0 Å². The lowest BCUT2D eigenvalue weighted by Crippen LogP contribution is -2.30. The second-order valence-electron chi connectivity index (χ2n) is 8.73. The van der Waals surface area contributed by atoms with Crippen molar-refractivity contribution in [1.82, 2.24) is 24.6 Å². The van der Waals surface area contributed by atoms with Gasteiger partial charge in [-0.25, -0.2) is 4.98 Å². The molecule has 34 heavy (non-hydrogen) atoms. The Morgan fingerprint density at radius 2 is 1.74 bits per heavy atom. The van der Waals surface area contributed by atoms with Crippen molar-refractivity contribution in [3.63, 3.8) is 0 Å². The van der Waals surface area contributed by atoms with Gasteiger partial charge in [0.2, 0.25) is 0 Å². The summed E-state index contributed by atoms with van der Waals surface area (Å²) in [6.07, 6.45) is 3.89. The highest BCUT2D eigenvalue weighted by Gasteiger charge is 2.18. The zero-order chi connectivity index (χ0) is 23.2. The number of aryl methyl sites for hydroxylation is 1. The van der Waals surface area contributed by atoms with E-state index >= 15 is 0 Å². The molecule has 5 rings (SSSR count). The number of benzene rings is 2. The van der Waals surface area contributed by atoms with Gasteiger partial charge in [0.15, 0.2) is 10.3 Å². The maximum Gasteiger partial charge on any atom is 0.191 e. The molecular formula is C26H30N6S2. The van der Waals surface area contributed by atoms with E-state index in [1.54, 1.807) is 23.1 Å². The molecule has 1 N–H and O–H groups in total. The topological polar surface area (TPSA) is 58.9 Å². The zero-order valence-electron chi connectivity index (χ0n) is 19.5. The number of piperidine rings is 1. The number of thiazole rings is 1. The van der Waals surface area contributed by atoms with E-state index in [1.807, 2.05) is 0 Å². The summed E-state index contributed by atoms with van der Waals surface area (Å²) in [4.78, 5) is 7.28. The van der Waals surface area contributed by atoms with Crippen LogP contribution in [0, 0.1) is 6.92 Å². The van der Waals surface area contributed by atoms with Crippen LogP contribution in [0.2, 0.25) is 0 Å². The van der Waals surface area contributed by atoms with Crippen molar-refractivity contribution in [3.8, 4) is 0 Å². The summed E-state index contributed by atoms with van der Waals surface area (Å²) < 4.78 is 2.28. The molecule has 4 aromatic rings. The predicted molar refractivity (Wildman–Crippen MR) is 141 cm³/mol. The molecule has 0 unspecified atom stereocenters. The first-order valence-electron chi connectivity index (χ1n) is 11.8. The van der Waals surface area contributed by atoms with Gasteiger partial charge in [0.1, 0.15) is 5.82 Å². The van der Waals surface area contributed by atoms with Crippen molar-refractivity contribution in [1.29, 1.82) is 0 Å². The average molecular weight is 491 g/mol. The maximum atomic E-state index is 4.78. The van der Waals surface area contributed by atoms with Crippen LogP contribution in [-0.2, 0) is 18.8 Å². The Bertz CT molecular complexity index is 1180. The lowest BCUT2D eigenvalue weighted by molar-refractivity contribution is 0.213. The van der Waals surface area contributed by atoms with Crippen LogP contribution in [0.15, 0.2) is 65.1 Å². The molecule has 8 heteroatoms. The monoisotopic (exact) mass is 490 g/mol. The number of thioether (sulfide) groups is 1. The molecule has 0 radical (unpaired) electrons. The Hall–Kier alpha value is -2.68. The number of nitrogens with zero attached hydrogens (tertiary/aromatic N) is 5. The van der Waals surface area contributed by atoms with Gasteiger partial charge in [0.05, 0.1) is 18.8 Å². The molecule has 2 aromatic carbocycles. The fraction of sp³-hybridized carbons (Fsp3) is 0.346. The zero-order valence-corrected chi connectivity index (χ0v) is 21.1. The van der Waals surface area contributed by atoms with Crippen LogP contribution in [0.4, 0.5) is 10.8 Å². The van der Waals surface area contributed by atoms with Gasteiger partial charge in [-0.2, -0.15) is 0 Å². The van der Waals surface area contributed by atoms with Gasteiger partial charge in [-0.05, 0) is 50.6 Å². The molecule has 0 saturated carbocycles. The molecule has 0 spiro atoms. The third kappa shape index (κ3) is 6.05. The second kappa shape index (κ2) is 11.2. The summed E-state index contributed by atoms with van der Waals surface area (Å²) in [6, 6.07) is 19.0. The molecular weight excluding hydrogens is 460 g/mol. The second-order valence-corrected chi connectivity index (χ2v) is 10.5. The lowest BCUT2D eigenvalue weighted by Gasteiger charge is -2.26. The van der Waals surface area contributed by atoms with E-state index in [-0.39, 0.29) is 0 Å². The van der Waals surface area contributed by atoms with Crippen LogP contribution in [-0.4, -0.2) is 37.7 Å². The molecule has 1 aliphatic rings. The normalized spacial score (nSPS) is 14.4. The molecule has 0 amide bonds. The quantitative estimate of drug-likeness (QED) is 0.286. The largest absolute Gasteiger partial charge is 0.332 e. The Kier molecular flexibility index (Phi) is 7.58. The van der Waals surface area contributed by atoms with E-state index in [0.29, 0.717) is 0 Å². The summed E-state index contributed by atoms with van der Waals surface area (Å²) in [6.45, 7) is 6.04. The van der Waals surface area contributed by atoms with Crippen LogP contribution in [0.1, 0.15) is 41.9 Å². The highest BCUT2D eigenvalue weighted by atomic mass is 32.2. The Morgan fingerprint density at radius 1 is 0.941 bits per heavy atom. The van der Waals surface area contributed by atoms with Gasteiger partial charge in [-0.15, -0.1) is 21.5 Å². The van der Waals surface area contributed by atoms with E-state index < -0.39 is 0 Å². The molecule has 176 valence electrons. The fourth-order valence-electron chi connectivity index (χ4n) is 4.11. The standard InChI is InChI=1S/C26H30N6S2/c1-20-10-12-22(13-11-20)27-25-28-23(18-33-25)19-34-26-30-29-24(17-31-14-6-3-7-15-31)32(26)16-21-8-4-2-5-9-21/h2,4-5,8-13,18H,3,6-7,14-17,19H2,1H3,(H,27,28). The third-order valence-corrected chi connectivity index (χ3v) is 7.80. The molecule has 0 atom stereocenters. The molecule has 6 nitrogen and oxygen atoms in total. The predicted octanol–water partition coefficient (Wildman–Crippen LogP) is 6.11. The first kappa shape index (κ1) is 23.1. The molecule has 3 heterocycles. The van der Waals surface area contributed by atoms with Crippen molar-refractivity contribution in [3.05, 3.63) is 82.6 Å². The number of hydrogen-bond acceptors (Lipinski definition) is 7. The Morgan fingerprint density at radius 3 is 2.53 bits per heavy atom. The third-order valence-electron chi connectivity index (χ3n) is 5.99. The summed E-state index contributed by atoms with van der Waals surface area (Å²) in [5.41, 5.74) is 4.63. The van der Waals surface area contributed by atoms with Crippen LogP contribution >= 0.6 is 23.1 Å². The molecule has 1 saturated heterocycles. The Labute approximate surface area is 209 Å². The van der Waals surface area contributed by atoms with E-state index in [1.165, 1.54) is 30.4 Å². The van der Waals surface area contributed by atoms with Gasteiger partial charge in [-0.3, -0.25) is 4.90 Å². The van der Waals surface area contributed by atoms with Crippen LogP contribution < -0.4 is 5.32 Å². The van der Waals surface area contributed by atoms with E-state index in [0.717, 1.165) is 59.4 Å². The van der Waals surface area contributed by atoms with Gasteiger partial charge in [0.25, 0.3) is 0 Å². The van der Waals surface area contributed by atoms with Crippen molar-refractivity contribution in [2.75, 3.05) is 18.4 Å². The first-order valence-corrected chi connectivity index (χ1v) is 13.7. The van der Waals surface area contributed by atoms with E-state index in [4.69, 9.17) is 4.98 Å². The minimum Gasteiger partial charge on any atom is -0.332 e. The molecule has 0 bridgehead atoms. The van der Waals surface area contributed by atoms with Crippen molar-refractivity contribution in [2.24, 2.45) is 0 Å². The molecule has 0 aliphatic carbocycles. The molecule has 1 aliphatic heterocycles. The minimum absolute atomic E-state index is 0.767. The number of likely N-dealkylation sites (tertiary alicyclic amines) is 1. The van der Waals surface area contributed by atoms with E-state index in [9.17, 15) is 0 Å². The van der Waals surface area contributed by atoms with Gasteiger partial charge < -0.3 is 9.88 Å². The van der Waals surface area contributed by atoms with Gasteiger partial charge in [0, 0.05) is 16.8 Å². The number of nitrogens with one attached hydrogen (secondary N) is 1. The fourth-order valence-corrected chi connectivity index (χ4v) is 5.80. The SMILES string of the molecule is Cc1ccc(Nc2nc(CSc3nnc(CN4CCCCC4)n3Cc3ccccc3)cs2)cc1. The van der Waals surface area contributed by atoms with Crippen LogP contribution in [0.25, 0.3) is 0 Å². The maximum absolute atomic E-state index is 4.78. The Balaban J connectivity index is 1.28. The average Bonchev–Trinajstić information content (AvgIpc) is 3.47. The molecule has 2 aromatic heterocycles. The summed E-state index contributed by atoms with van der Waals surface area (Å²) >= 11 is 3.35. The molecule has 1 fully saturated rings. The highest BCUT2D eigenvalue weighted by molar-refractivity contribution is 7.98. The number of hydrogen-bond donors (Lipinski definition) is 1. The van der Waals surface area contributed by atoms with Gasteiger partial charge in [-0.1, -0.05) is 66.2 Å².